The van der Waals surface area contributed by atoms with Crippen LogP contribution in [0.1, 0.15) is 290 Å². The number of benzene rings is 3. The fraction of sp³-hybridized carbons (Fsp3) is 0.692. The zero-order chi connectivity index (χ0) is 66.6. The van der Waals surface area contributed by atoms with Gasteiger partial charge in [-0.2, -0.15) is 12.9 Å². The van der Waals surface area contributed by atoms with Crippen LogP contribution in [0.4, 0.5) is 0 Å². The van der Waals surface area contributed by atoms with E-state index in [1.807, 2.05) is 0 Å². The molecule has 0 N–H and O–H groups in total. The Bertz CT molecular complexity index is 2410. The highest BCUT2D eigenvalue weighted by molar-refractivity contribution is 7.89. The van der Waals surface area contributed by atoms with Crippen molar-refractivity contribution in [3.8, 4) is 17.2 Å². The smallest absolute Gasteiger partial charge is 0.243 e. The summed E-state index contributed by atoms with van der Waals surface area (Å²) >= 11 is 0. The molecule has 0 aliphatic carbocycles. The minimum Gasteiger partial charge on any atom is -0.494 e. The fourth-order valence-electron chi connectivity index (χ4n) is 12.0. The second kappa shape index (κ2) is 52.2. The van der Waals surface area contributed by atoms with Crippen LogP contribution in [0.2, 0.25) is 0 Å². The average molecular weight is 1350 g/mol. The van der Waals surface area contributed by atoms with E-state index >= 15 is 0 Å². The first-order valence-electron chi connectivity index (χ1n) is 37.6. The van der Waals surface area contributed by atoms with E-state index in [-0.39, 0.29) is 54.0 Å². The number of nitrogens with zero attached hydrogens (tertiary/aromatic N) is 3. The Morgan fingerprint density at radius 2 is 0.387 bits per heavy atom. The Morgan fingerprint density at radius 3 is 0.548 bits per heavy atom. The van der Waals surface area contributed by atoms with Crippen molar-refractivity contribution < 1.29 is 39.5 Å². The monoisotopic (exact) mass is 1350 g/mol. The summed E-state index contributed by atoms with van der Waals surface area (Å²) < 4.78 is 109. The summed E-state index contributed by atoms with van der Waals surface area (Å²) in [5, 5.41) is 0. The van der Waals surface area contributed by atoms with Gasteiger partial charge in [0, 0.05) is 39.3 Å². The molecule has 0 spiro atoms. The second-order valence-electron chi connectivity index (χ2n) is 26.1. The molecule has 4 rings (SSSR count). The van der Waals surface area contributed by atoms with Crippen LogP contribution >= 0.6 is 0 Å². The van der Waals surface area contributed by atoms with Crippen molar-refractivity contribution in [3.63, 3.8) is 0 Å². The lowest BCUT2D eigenvalue weighted by Crippen LogP contribution is -2.33. The first kappa shape index (κ1) is 81.4. The molecule has 528 valence electrons. The minimum atomic E-state index is -4.09. The van der Waals surface area contributed by atoms with Gasteiger partial charge in [-0.1, -0.05) is 308 Å². The molecule has 0 atom stereocenters. The van der Waals surface area contributed by atoms with E-state index in [1.165, 1.54) is 244 Å². The second-order valence-corrected chi connectivity index (χ2v) is 31.9. The van der Waals surface area contributed by atoms with Crippen LogP contribution < -0.4 is 14.2 Å². The molecule has 0 amide bonds. The van der Waals surface area contributed by atoms with Crippen molar-refractivity contribution in [1.29, 1.82) is 0 Å². The first-order valence-corrected chi connectivity index (χ1v) is 41.9. The molecule has 1 aliphatic heterocycles. The Hall–Kier alpha value is -3.99. The molecule has 15 heteroatoms. The highest BCUT2D eigenvalue weighted by atomic mass is 32.2. The lowest BCUT2D eigenvalue weighted by molar-refractivity contribution is 0.304. The van der Waals surface area contributed by atoms with Gasteiger partial charge in [0.1, 0.15) is 17.2 Å². The highest BCUT2D eigenvalue weighted by Crippen LogP contribution is 2.26. The lowest BCUT2D eigenvalue weighted by atomic mass is 10.0. The van der Waals surface area contributed by atoms with Crippen molar-refractivity contribution in [2.45, 2.75) is 305 Å². The summed E-state index contributed by atoms with van der Waals surface area (Å²) in [6.45, 7) is 8.09. The average Bonchev–Trinajstić information content (AvgIpc) is 1.04. The maximum atomic E-state index is 14.4. The summed E-state index contributed by atoms with van der Waals surface area (Å²) in [5.74, 6) is 1.80. The number of sulfonamides is 3. The van der Waals surface area contributed by atoms with Crippen LogP contribution in [0.5, 0.6) is 17.2 Å². The Kier molecular flexibility index (Phi) is 45.7. The maximum absolute atomic E-state index is 14.4. The van der Waals surface area contributed by atoms with Gasteiger partial charge in [-0.05, 0) is 92.1 Å². The van der Waals surface area contributed by atoms with Gasteiger partial charge in [0.2, 0.25) is 30.1 Å². The maximum Gasteiger partial charge on any atom is 0.243 e. The molecule has 1 heterocycles. The van der Waals surface area contributed by atoms with Crippen LogP contribution in [-0.2, 0) is 30.1 Å². The third-order valence-electron chi connectivity index (χ3n) is 18.0. The molecule has 93 heavy (non-hydrogen) atoms. The van der Waals surface area contributed by atoms with Gasteiger partial charge in [-0.25, -0.2) is 25.3 Å². The topological polar surface area (TPSA) is 140 Å². The Labute approximate surface area is 569 Å². The van der Waals surface area contributed by atoms with Gasteiger partial charge >= 0.3 is 0 Å². The molecular formula is C78H129N3O9S3. The van der Waals surface area contributed by atoms with Crippen molar-refractivity contribution >= 4 is 30.1 Å². The van der Waals surface area contributed by atoms with Crippen molar-refractivity contribution in [3.05, 3.63) is 109 Å². The van der Waals surface area contributed by atoms with E-state index in [0.29, 0.717) is 37.1 Å². The Balaban J connectivity index is 1.36. The van der Waals surface area contributed by atoms with Crippen molar-refractivity contribution in [1.82, 2.24) is 12.9 Å². The zero-order valence-electron chi connectivity index (χ0n) is 58.7. The molecular weight excluding hydrogens is 1220 g/mol. The number of unbranched alkanes of at least 4 members (excludes halogenated alkanes) is 39. The van der Waals surface area contributed by atoms with Gasteiger partial charge < -0.3 is 14.2 Å². The van der Waals surface area contributed by atoms with Gasteiger partial charge in [0.05, 0.1) is 34.5 Å². The van der Waals surface area contributed by atoms with Gasteiger partial charge in [-0.3, -0.25) is 0 Å². The molecule has 0 fully saturated rings. The number of hydrogen-bond acceptors (Lipinski definition) is 9. The number of rotatable bonds is 54. The third kappa shape index (κ3) is 36.3. The van der Waals surface area contributed by atoms with Gasteiger partial charge in [0.25, 0.3) is 0 Å². The summed E-state index contributed by atoms with van der Waals surface area (Å²) in [6, 6.07) is 19.5. The molecule has 0 saturated heterocycles. The molecule has 0 bridgehead atoms. The zero-order valence-corrected chi connectivity index (χ0v) is 61.1. The number of ether oxygens (including phenoxy) is 3. The van der Waals surface area contributed by atoms with Crippen LogP contribution in [0.25, 0.3) is 0 Å². The molecule has 0 saturated carbocycles. The summed E-state index contributed by atoms with van der Waals surface area (Å²) in [4.78, 5) is 0.257. The highest BCUT2D eigenvalue weighted by Gasteiger charge is 2.27. The van der Waals surface area contributed by atoms with E-state index in [1.54, 1.807) is 109 Å². The largest absolute Gasteiger partial charge is 0.494 e. The quantitative estimate of drug-likeness (QED) is 0.0399. The molecule has 3 aromatic rings. The van der Waals surface area contributed by atoms with Crippen LogP contribution in [-0.4, -0.2) is 97.3 Å². The summed E-state index contributed by atoms with van der Waals surface area (Å²) in [7, 11) is -12.3. The van der Waals surface area contributed by atoms with Crippen molar-refractivity contribution in [2.75, 3.05) is 59.1 Å². The molecule has 0 radical (unpaired) electrons. The summed E-state index contributed by atoms with van der Waals surface area (Å²) in [5.41, 5.74) is 0. The number of hydrogen-bond donors (Lipinski definition) is 0. The molecule has 0 aromatic heterocycles. The lowest BCUT2D eigenvalue weighted by Gasteiger charge is -2.21. The molecule has 0 unspecified atom stereocenters. The Morgan fingerprint density at radius 1 is 0.237 bits per heavy atom. The first-order chi connectivity index (χ1) is 45.4. The standard InChI is InChI=1S/C78H129N3O9S3/c1-4-7-10-13-16-19-22-25-28-31-34-37-40-49-70-88-73-52-58-76(59-53-73)91(82,83)79-64-43-45-66-80(92(84,85)77-60-54-74(55-61-77)89-71-50-41-38-35-32-29-26-23-20-17-14-11-8-5-2)68-47-48-69-81(67-46-44-65-79)93(86,87)78-62-56-75(57-63-78)90-72-51-42-39-36-33-30-27-24-21-18-15-12-9-6-3/h43-48,52-63H,4-42,49-51,64-72H2,1-3H3/b45-43-,46-44+,48-47+. The van der Waals surface area contributed by atoms with E-state index in [0.717, 1.165) is 38.5 Å². The van der Waals surface area contributed by atoms with Crippen LogP contribution in [0, 0.1) is 0 Å². The van der Waals surface area contributed by atoms with E-state index < -0.39 is 30.1 Å². The normalized spacial score (nSPS) is 15.4. The predicted molar refractivity (Wildman–Crippen MR) is 390 cm³/mol. The van der Waals surface area contributed by atoms with Crippen LogP contribution in [0.3, 0.4) is 0 Å². The van der Waals surface area contributed by atoms with E-state index in [2.05, 4.69) is 20.8 Å². The SMILES string of the molecule is CCCCCCCCCCCCCCCCOc1ccc(S(=O)(=O)N2C/C=C\CN(S(=O)(=O)c3ccc(OCCCCCCCCCCCCCCCC)cc3)C/C=C/CN(S(=O)(=O)c3ccc(OCCCCCCCCCCCCCCCC)cc3)C/C=C/C2)cc1. The van der Waals surface area contributed by atoms with Crippen molar-refractivity contribution in [2.24, 2.45) is 0 Å². The molecule has 12 nitrogen and oxygen atoms in total. The predicted octanol–water partition coefficient (Wildman–Crippen LogP) is 21.3. The minimum absolute atomic E-state index is 0.0606. The molecule has 3 aromatic carbocycles. The van der Waals surface area contributed by atoms with Gasteiger partial charge in [0.15, 0.2) is 0 Å². The fourth-order valence-corrected chi connectivity index (χ4v) is 16.0. The van der Waals surface area contributed by atoms with Crippen LogP contribution in [0.15, 0.2) is 124 Å². The summed E-state index contributed by atoms with van der Waals surface area (Å²) in [6.07, 6.45) is 63.7. The molecule has 1 aliphatic rings. The third-order valence-corrected chi connectivity index (χ3v) is 23.6. The van der Waals surface area contributed by atoms with E-state index in [4.69, 9.17) is 14.2 Å². The van der Waals surface area contributed by atoms with Gasteiger partial charge in [-0.15, -0.1) is 0 Å². The van der Waals surface area contributed by atoms with E-state index in [9.17, 15) is 25.3 Å².